The smallest absolute Gasteiger partial charge is 0.241 e. The van der Waals surface area contributed by atoms with Gasteiger partial charge in [0.25, 0.3) is 0 Å². The molecular formula is C13H18N4O3S3. The number of hydrogen-bond donors (Lipinski definition) is 0. The summed E-state index contributed by atoms with van der Waals surface area (Å²) in [6.07, 6.45) is 1.31. The molecule has 10 heteroatoms. The Hall–Kier alpha value is -1.07. The van der Waals surface area contributed by atoms with E-state index in [9.17, 15) is 12.6 Å². The molecule has 1 aliphatic rings. The van der Waals surface area contributed by atoms with Crippen LogP contribution in [0.4, 0.5) is 0 Å². The van der Waals surface area contributed by atoms with Crippen molar-refractivity contribution in [3.05, 3.63) is 29.3 Å². The summed E-state index contributed by atoms with van der Waals surface area (Å²) < 4.78 is 43.8. The first-order valence-electron chi connectivity index (χ1n) is 6.95. The van der Waals surface area contributed by atoms with Gasteiger partial charge in [-0.3, -0.25) is 0 Å². The maximum absolute atomic E-state index is 12.2. The van der Waals surface area contributed by atoms with E-state index >= 15 is 0 Å². The molecule has 23 heavy (non-hydrogen) atoms. The highest BCUT2D eigenvalue weighted by Crippen LogP contribution is 2.34. The van der Waals surface area contributed by atoms with Crippen molar-refractivity contribution in [3.8, 4) is 0 Å². The highest BCUT2D eigenvalue weighted by molar-refractivity contribution is 8.00. The van der Waals surface area contributed by atoms with Crippen LogP contribution in [0.1, 0.15) is 10.9 Å². The summed E-state index contributed by atoms with van der Waals surface area (Å²) in [5.74, 6) is 0.0737. The molecular weight excluding hydrogens is 356 g/mol. The van der Waals surface area contributed by atoms with Crippen molar-refractivity contribution < 1.29 is 12.6 Å². The molecule has 3 rings (SSSR count). The summed E-state index contributed by atoms with van der Waals surface area (Å²) >= 11 is 1.58. The predicted octanol–water partition coefficient (Wildman–Crippen LogP) is 1.51. The first-order chi connectivity index (χ1) is 10.7. The van der Waals surface area contributed by atoms with Crippen LogP contribution in [0.15, 0.2) is 28.0 Å². The molecule has 0 spiro atoms. The van der Waals surface area contributed by atoms with Crippen LogP contribution in [0.2, 0.25) is 0 Å². The van der Waals surface area contributed by atoms with Crippen LogP contribution in [0.3, 0.4) is 0 Å². The zero-order chi connectivity index (χ0) is 16.8. The minimum atomic E-state index is -3.88. The summed E-state index contributed by atoms with van der Waals surface area (Å²) in [6.45, 7) is 0.656. The molecule has 0 N–H and O–H groups in total. The van der Waals surface area contributed by atoms with Crippen molar-refractivity contribution in [2.24, 2.45) is 3.77 Å². The van der Waals surface area contributed by atoms with Gasteiger partial charge in [-0.2, -0.15) is 12.7 Å². The van der Waals surface area contributed by atoms with Crippen LogP contribution in [-0.2, 0) is 20.1 Å². The van der Waals surface area contributed by atoms with E-state index in [0.717, 1.165) is 15.2 Å². The SMILES string of the molecule is CN(C)S(C)(=O)=NS(=O)(=O)N1CC(c2nc3ccccc3s2)C1. The zero-order valence-electron chi connectivity index (χ0n) is 13.0. The van der Waals surface area contributed by atoms with Crippen LogP contribution >= 0.6 is 11.3 Å². The number of nitrogens with zero attached hydrogens (tertiary/aromatic N) is 4. The van der Waals surface area contributed by atoms with Gasteiger partial charge in [-0.25, -0.2) is 13.5 Å². The predicted molar refractivity (Wildman–Crippen MR) is 93.0 cm³/mol. The Kier molecular flexibility index (Phi) is 4.21. The zero-order valence-corrected chi connectivity index (χ0v) is 15.5. The number of hydrogen-bond acceptors (Lipinski definition) is 5. The average Bonchev–Trinajstić information content (AvgIpc) is 2.77. The quantitative estimate of drug-likeness (QED) is 0.812. The van der Waals surface area contributed by atoms with Gasteiger partial charge in [0.15, 0.2) is 0 Å². The van der Waals surface area contributed by atoms with Gasteiger partial charge in [0.2, 0.25) is 0 Å². The van der Waals surface area contributed by atoms with Gasteiger partial charge in [-0.05, 0) is 12.1 Å². The second-order valence-corrected chi connectivity index (χ2v) is 11.0. The molecule has 0 saturated carbocycles. The normalized spacial score (nSPS) is 19.7. The number of fused-ring (bicyclic) bond motifs is 1. The lowest BCUT2D eigenvalue weighted by Gasteiger charge is -2.35. The fraction of sp³-hybridized carbons (Fsp3) is 0.462. The summed E-state index contributed by atoms with van der Waals surface area (Å²) in [5, 5.41) is 0.933. The van der Waals surface area contributed by atoms with Crippen LogP contribution in [0.5, 0.6) is 0 Å². The number of aromatic nitrogens is 1. The van der Waals surface area contributed by atoms with Crippen LogP contribution < -0.4 is 0 Å². The number of para-hydroxylation sites is 1. The lowest BCUT2D eigenvalue weighted by atomic mass is 10.1. The summed E-state index contributed by atoms with van der Waals surface area (Å²) in [4.78, 5) is 4.56. The first kappa shape index (κ1) is 16.8. The largest absolute Gasteiger partial charge is 0.331 e. The fourth-order valence-corrected chi connectivity index (χ4v) is 6.23. The molecule has 0 bridgehead atoms. The van der Waals surface area contributed by atoms with E-state index in [2.05, 4.69) is 8.75 Å². The Morgan fingerprint density at radius 1 is 1.26 bits per heavy atom. The highest BCUT2D eigenvalue weighted by Gasteiger charge is 2.39. The van der Waals surface area contributed by atoms with Gasteiger partial charge < -0.3 is 0 Å². The van der Waals surface area contributed by atoms with Crippen LogP contribution in [0, 0.1) is 0 Å². The number of benzene rings is 1. The molecule has 1 fully saturated rings. The lowest BCUT2D eigenvalue weighted by molar-refractivity contribution is 0.264. The lowest BCUT2D eigenvalue weighted by Crippen LogP contribution is -2.48. The topological polar surface area (TPSA) is 82.9 Å². The molecule has 7 nitrogen and oxygen atoms in total. The molecule has 1 atom stereocenters. The van der Waals surface area contributed by atoms with Crippen LogP contribution in [-0.4, -0.2) is 59.7 Å². The third-order valence-electron chi connectivity index (χ3n) is 3.74. The van der Waals surface area contributed by atoms with E-state index in [1.54, 1.807) is 25.4 Å². The second kappa shape index (κ2) is 5.78. The average molecular weight is 375 g/mol. The van der Waals surface area contributed by atoms with Gasteiger partial charge in [-0.15, -0.1) is 11.3 Å². The van der Waals surface area contributed by atoms with Gasteiger partial charge in [-0.1, -0.05) is 15.9 Å². The minimum absolute atomic E-state index is 0.0737. The minimum Gasteiger partial charge on any atom is -0.241 e. The van der Waals surface area contributed by atoms with E-state index in [4.69, 9.17) is 0 Å². The van der Waals surface area contributed by atoms with E-state index in [1.165, 1.54) is 14.9 Å². The van der Waals surface area contributed by atoms with E-state index in [1.807, 2.05) is 24.3 Å². The Morgan fingerprint density at radius 2 is 1.91 bits per heavy atom. The van der Waals surface area contributed by atoms with Gasteiger partial charge in [0.05, 0.1) is 15.2 Å². The Labute approximate surface area is 140 Å². The number of rotatable bonds is 4. The molecule has 2 aromatic rings. The fourth-order valence-electron chi connectivity index (χ4n) is 2.14. The maximum atomic E-state index is 12.2. The monoisotopic (exact) mass is 374 g/mol. The van der Waals surface area contributed by atoms with Gasteiger partial charge >= 0.3 is 10.2 Å². The molecule has 1 unspecified atom stereocenters. The molecule has 1 aromatic carbocycles. The molecule has 1 aliphatic heterocycles. The summed E-state index contributed by atoms with van der Waals surface area (Å²) in [6, 6.07) is 7.84. The van der Waals surface area contributed by atoms with Crippen molar-refractivity contribution in [2.75, 3.05) is 33.4 Å². The van der Waals surface area contributed by atoms with E-state index in [0.29, 0.717) is 13.1 Å². The van der Waals surface area contributed by atoms with E-state index < -0.39 is 20.1 Å². The third kappa shape index (κ3) is 3.26. The first-order valence-corrected chi connectivity index (χ1v) is 11.0. The molecule has 0 aliphatic carbocycles. The van der Waals surface area contributed by atoms with Crippen molar-refractivity contribution in [1.29, 1.82) is 0 Å². The molecule has 0 amide bonds. The Bertz CT molecular complexity index is 919. The number of thiazole rings is 1. The molecule has 0 radical (unpaired) electrons. The van der Waals surface area contributed by atoms with Crippen molar-refractivity contribution in [3.63, 3.8) is 0 Å². The Balaban J connectivity index is 1.77. The molecule has 1 aromatic heterocycles. The second-order valence-electron chi connectivity index (χ2n) is 5.66. The van der Waals surface area contributed by atoms with Crippen molar-refractivity contribution in [2.45, 2.75) is 5.92 Å². The highest BCUT2D eigenvalue weighted by atomic mass is 32.3. The molecule has 1 saturated heterocycles. The van der Waals surface area contributed by atoms with Crippen molar-refractivity contribution >= 4 is 41.7 Å². The maximum Gasteiger partial charge on any atom is 0.331 e. The van der Waals surface area contributed by atoms with Gasteiger partial charge in [0.1, 0.15) is 9.92 Å². The van der Waals surface area contributed by atoms with Crippen LogP contribution in [0.25, 0.3) is 10.2 Å². The van der Waals surface area contributed by atoms with E-state index in [-0.39, 0.29) is 5.92 Å². The summed E-state index contributed by atoms with van der Waals surface area (Å²) in [5.41, 5.74) is 0.933. The standard InChI is InChI=1S/C13H18N4O3S3/c1-16(2)22(3,18)15-23(19,20)17-8-10(9-17)13-14-11-6-4-5-7-12(11)21-13/h4-7,10H,8-9H2,1-3H3. The third-order valence-corrected chi connectivity index (χ3v) is 9.11. The molecule has 2 heterocycles. The molecule has 126 valence electrons. The summed E-state index contributed by atoms with van der Waals surface area (Å²) in [7, 11) is -3.71. The van der Waals surface area contributed by atoms with Crippen molar-refractivity contribution in [1.82, 2.24) is 13.6 Å². The van der Waals surface area contributed by atoms with Gasteiger partial charge in [0, 0.05) is 39.4 Å². The Morgan fingerprint density at radius 3 is 2.52 bits per heavy atom.